The van der Waals surface area contributed by atoms with Crippen LogP contribution in [0.3, 0.4) is 0 Å². The SMILES string of the molecule is O=C1CC(O)C(/C=C/C(O)C2CC3(CCC3)C2)C1CCCCCCCO. The minimum atomic E-state index is -0.593. The van der Waals surface area contributed by atoms with Gasteiger partial charge < -0.3 is 15.3 Å². The number of aliphatic hydroxyl groups is 3. The monoisotopic (exact) mass is 364 g/mol. The van der Waals surface area contributed by atoms with Gasteiger partial charge in [-0.25, -0.2) is 0 Å². The summed E-state index contributed by atoms with van der Waals surface area (Å²) in [5.41, 5.74) is 0.556. The molecule has 3 saturated carbocycles. The molecule has 0 aliphatic heterocycles. The predicted octanol–water partition coefficient (Wildman–Crippen LogP) is 3.38. The van der Waals surface area contributed by atoms with Gasteiger partial charge in [0.15, 0.2) is 0 Å². The number of ketones is 1. The molecule has 26 heavy (non-hydrogen) atoms. The molecular formula is C22H36O4. The van der Waals surface area contributed by atoms with Crippen LogP contribution in [0.4, 0.5) is 0 Å². The number of Topliss-reactive ketones (excluding diaryl/α,β-unsaturated/α-hetero) is 1. The summed E-state index contributed by atoms with van der Waals surface area (Å²) in [5.74, 6) is 0.317. The molecule has 0 radical (unpaired) electrons. The maximum Gasteiger partial charge on any atom is 0.139 e. The number of hydrogen-bond donors (Lipinski definition) is 3. The number of unbranched alkanes of at least 4 members (excludes halogenated alkanes) is 4. The maximum absolute atomic E-state index is 12.2. The average Bonchev–Trinajstić information content (AvgIpc) is 2.79. The maximum atomic E-state index is 12.2. The minimum absolute atomic E-state index is 0.0920. The van der Waals surface area contributed by atoms with Gasteiger partial charge in [-0.2, -0.15) is 0 Å². The molecule has 148 valence electrons. The van der Waals surface area contributed by atoms with E-state index in [9.17, 15) is 15.0 Å². The Bertz CT molecular complexity index is 488. The van der Waals surface area contributed by atoms with Gasteiger partial charge in [0.25, 0.3) is 0 Å². The first kappa shape index (κ1) is 20.0. The zero-order valence-electron chi connectivity index (χ0n) is 16.0. The van der Waals surface area contributed by atoms with Crippen molar-refractivity contribution in [3.05, 3.63) is 12.2 Å². The molecule has 0 saturated heterocycles. The van der Waals surface area contributed by atoms with Crippen molar-refractivity contribution in [1.29, 1.82) is 0 Å². The summed E-state index contributed by atoms with van der Waals surface area (Å²) in [6.07, 6.45) is 15.2. The number of hydrogen-bond acceptors (Lipinski definition) is 4. The first-order chi connectivity index (χ1) is 12.5. The van der Waals surface area contributed by atoms with Crippen molar-refractivity contribution < 1.29 is 20.1 Å². The van der Waals surface area contributed by atoms with Crippen molar-refractivity contribution in [3.8, 4) is 0 Å². The van der Waals surface area contributed by atoms with Gasteiger partial charge in [-0.15, -0.1) is 0 Å². The van der Waals surface area contributed by atoms with Gasteiger partial charge in [0.1, 0.15) is 5.78 Å². The highest BCUT2D eigenvalue weighted by atomic mass is 16.3. The highest BCUT2D eigenvalue weighted by Crippen LogP contribution is 2.59. The van der Waals surface area contributed by atoms with Crippen LogP contribution in [0.5, 0.6) is 0 Å². The summed E-state index contributed by atoms with van der Waals surface area (Å²) in [7, 11) is 0. The van der Waals surface area contributed by atoms with Crippen LogP contribution in [0.1, 0.15) is 77.0 Å². The van der Waals surface area contributed by atoms with Crippen molar-refractivity contribution in [2.75, 3.05) is 6.61 Å². The molecule has 3 rings (SSSR count). The van der Waals surface area contributed by atoms with E-state index in [0.29, 0.717) is 11.3 Å². The van der Waals surface area contributed by atoms with Crippen LogP contribution in [0.15, 0.2) is 12.2 Å². The summed E-state index contributed by atoms with van der Waals surface area (Å²) >= 11 is 0. The Morgan fingerprint density at radius 3 is 2.46 bits per heavy atom. The Morgan fingerprint density at radius 2 is 1.81 bits per heavy atom. The molecule has 4 heteroatoms. The van der Waals surface area contributed by atoms with Crippen molar-refractivity contribution >= 4 is 5.78 Å². The van der Waals surface area contributed by atoms with Gasteiger partial charge in [0.05, 0.1) is 12.2 Å². The predicted molar refractivity (Wildman–Crippen MR) is 102 cm³/mol. The Morgan fingerprint density at radius 1 is 1.12 bits per heavy atom. The molecule has 4 nitrogen and oxygen atoms in total. The van der Waals surface area contributed by atoms with E-state index in [1.54, 1.807) is 0 Å². The fourth-order valence-corrected chi connectivity index (χ4v) is 5.38. The lowest BCUT2D eigenvalue weighted by molar-refractivity contribution is -0.121. The van der Waals surface area contributed by atoms with Crippen LogP contribution in [-0.2, 0) is 4.79 Å². The molecule has 4 unspecified atom stereocenters. The highest BCUT2D eigenvalue weighted by Gasteiger charge is 2.49. The van der Waals surface area contributed by atoms with E-state index in [-0.39, 0.29) is 30.6 Å². The van der Waals surface area contributed by atoms with E-state index in [2.05, 4.69) is 0 Å². The number of rotatable bonds is 10. The van der Waals surface area contributed by atoms with Crippen LogP contribution >= 0.6 is 0 Å². The Labute approximate surface area is 157 Å². The van der Waals surface area contributed by atoms with Crippen LogP contribution in [0, 0.1) is 23.2 Å². The lowest BCUT2D eigenvalue weighted by Gasteiger charge is -2.55. The van der Waals surface area contributed by atoms with Crippen molar-refractivity contribution in [2.45, 2.75) is 89.3 Å². The number of carbonyl (C=O) groups excluding carboxylic acids is 1. The molecule has 0 aromatic carbocycles. The second kappa shape index (κ2) is 8.99. The highest BCUT2D eigenvalue weighted by molar-refractivity contribution is 5.84. The second-order valence-electron chi connectivity index (χ2n) is 9.10. The topological polar surface area (TPSA) is 77.8 Å². The van der Waals surface area contributed by atoms with Crippen molar-refractivity contribution in [2.24, 2.45) is 23.2 Å². The molecule has 3 aliphatic rings. The molecule has 0 amide bonds. The number of carbonyl (C=O) groups is 1. The third-order valence-corrected chi connectivity index (χ3v) is 7.22. The van der Waals surface area contributed by atoms with E-state index < -0.39 is 12.2 Å². The Balaban J connectivity index is 1.44. The van der Waals surface area contributed by atoms with E-state index in [1.807, 2.05) is 12.2 Å². The fourth-order valence-electron chi connectivity index (χ4n) is 5.38. The Hall–Kier alpha value is -0.710. The zero-order chi connectivity index (χ0) is 18.6. The molecule has 0 heterocycles. The normalized spacial score (nSPS) is 32.1. The summed E-state index contributed by atoms with van der Waals surface area (Å²) < 4.78 is 0. The molecule has 0 bridgehead atoms. The standard InChI is InChI=1S/C22H36O4/c23-12-5-3-1-2-4-7-17-18(21(26)13-20(17)25)8-9-19(24)16-14-22(15-16)10-6-11-22/h8-9,16-19,21,23-24,26H,1-7,10-15H2/b9-8+. The Kier molecular flexibility index (Phi) is 6.92. The summed E-state index contributed by atoms with van der Waals surface area (Å²) in [5, 5.41) is 29.5. The molecule has 3 aliphatic carbocycles. The zero-order valence-corrected chi connectivity index (χ0v) is 16.0. The first-order valence-electron chi connectivity index (χ1n) is 10.7. The van der Waals surface area contributed by atoms with E-state index >= 15 is 0 Å². The van der Waals surface area contributed by atoms with Crippen LogP contribution in [-0.4, -0.2) is 39.9 Å². The molecule has 3 fully saturated rings. The summed E-state index contributed by atoms with van der Waals surface area (Å²) in [4.78, 5) is 12.2. The van der Waals surface area contributed by atoms with E-state index in [4.69, 9.17) is 5.11 Å². The third kappa shape index (κ3) is 4.58. The quantitative estimate of drug-likeness (QED) is 0.410. The van der Waals surface area contributed by atoms with Crippen molar-refractivity contribution in [3.63, 3.8) is 0 Å². The van der Waals surface area contributed by atoms with Gasteiger partial charge in [-0.3, -0.25) is 4.79 Å². The van der Waals surface area contributed by atoms with E-state index in [1.165, 1.54) is 19.3 Å². The molecular weight excluding hydrogens is 328 g/mol. The first-order valence-corrected chi connectivity index (χ1v) is 10.7. The van der Waals surface area contributed by atoms with Gasteiger partial charge in [-0.05, 0) is 49.9 Å². The van der Waals surface area contributed by atoms with Crippen molar-refractivity contribution in [1.82, 2.24) is 0 Å². The average molecular weight is 365 g/mol. The van der Waals surface area contributed by atoms with Gasteiger partial charge in [0.2, 0.25) is 0 Å². The molecule has 0 aromatic heterocycles. The second-order valence-corrected chi connectivity index (χ2v) is 9.10. The smallest absolute Gasteiger partial charge is 0.139 e. The third-order valence-electron chi connectivity index (χ3n) is 7.22. The lowest BCUT2D eigenvalue weighted by Crippen LogP contribution is -2.46. The summed E-state index contributed by atoms with van der Waals surface area (Å²) in [6.45, 7) is 0.255. The molecule has 0 aromatic rings. The largest absolute Gasteiger partial charge is 0.396 e. The van der Waals surface area contributed by atoms with Gasteiger partial charge in [-0.1, -0.05) is 44.3 Å². The molecule has 1 spiro atoms. The fraction of sp³-hybridized carbons (Fsp3) is 0.864. The molecule has 3 N–H and O–H groups in total. The minimum Gasteiger partial charge on any atom is -0.396 e. The van der Waals surface area contributed by atoms with Gasteiger partial charge >= 0.3 is 0 Å². The molecule has 4 atom stereocenters. The number of aliphatic hydroxyl groups excluding tert-OH is 3. The summed E-state index contributed by atoms with van der Waals surface area (Å²) in [6, 6.07) is 0. The van der Waals surface area contributed by atoms with Crippen LogP contribution in [0.25, 0.3) is 0 Å². The van der Waals surface area contributed by atoms with E-state index in [0.717, 1.165) is 51.4 Å². The van der Waals surface area contributed by atoms with Gasteiger partial charge in [0, 0.05) is 24.9 Å². The van der Waals surface area contributed by atoms with Crippen LogP contribution in [0.2, 0.25) is 0 Å². The lowest BCUT2D eigenvalue weighted by atomic mass is 9.51. The van der Waals surface area contributed by atoms with Crippen LogP contribution < -0.4 is 0 Å².